The highest BCUT2D eigenvalue weighted by molar-refractivity contribution is 7.89. The molecule has 0 spiro atoms. The van der Waals surface area contributed by atoms with Gasteiger partial charge in [-0.3, -0.25) is 9.78 Å². The molecule has 6 nitrogen and oxygen atoms in total. The zero-order chi connectivity index (χ0) is 25.0. The van der Waals surface area contributed by atoms with Crippen LogP contribution in [0.15, 0.2) is 71.9 Å². The van der Waals surface area contributed by atoms with Crippen LogP contribution in [0.5, 0.6) is 0 Å². The predicted octanol–water partition coefficient (Wildman–Crippen LogP) is 4.91. The second-order valence-electron chi connectivity index (χ2n) is 9.17. The number of hydrogen-bond acceptors (Lipinski definition) is 4. The highest BCUT2D eigenvalue weighted by Gasteiger charge is 2.29. The van der Waals surface area contributed by atoms with Gasteiger partial charge in [0.2, 0.25) is 15.9 Å². The fraction of sp³-hybridized carbons (Fsp3) is 0.333. The van der Waals surface area contributed by atoms with Gasteiger partial charge in [0, 0.05) is 29.9 Å². The van der Waals surface area contributed by atoms with Gasteiger partial charge in [0.15, 0.2) is 0 Å². The Kier molecular flexibility index (Phi) is 7.62. The lowest BCUT2D eigenvalue weighted by atomic mass is 9.85. The second-order valence-corrected chi connectivity index (χ2v) is 10.9. The topological polar surface area (TPSA) is 88.2 Å². The van der Waals surface area contributed by atoms with Gasteiger partial charge in [0.05, 0.1) is 10.9 Å². The summed E-state index contributed by atoms with van der Waals surface area (Å²) in [4.78, 5) is 17.1. The van der Waals surface area contributed by atoms with Crippen LogP contribution < -0.4 is 10.0 Å². The molecule has 1 atom stereocenters. The molecule has 1 aromatic heterocycles. The molecule has 1 aliphatic rings. The fourth-order valence-electron chi connectivity index (χ4n) is 4.51. The number of carbonyl (C=O) groups is 1. The van der Waals surface area contributed by atoms with Crippen LogP contribution in [0, 0.1) is 18.7 Å². The number of halogens is 1. The number of pyridine rings is 1. The first-order valence-electron chi connectivity index (χ1n) is 11.8. The molecule has 1 saturated carbocycles. The van der Waals surface area contributed by atoms with Crippen molar-refractivity contribution >= 4 is 15.9 Å². The number of benzene rings is 2. The van der Waals surface area contributed by atoms with E-state index in [1.165, 1.54) is 12.1 Å². The van der Waals surface area contributed by atoms with Crippen molar-refractivity contribution in [2.24, 2.45) is 5.92 Å². The Morgan fingerprint density at radius 3 is 2.29 bits per heavy atom. The van der Waals surface area contributed by atoms with E-state index in [4.69, 9.17) is 0 Å². The van der Waals surface area contributed by atoms with Crippen LogP contribution in [-0.2, 0) is 14.8 Å². The Bertz CT molecular complexity index is 1270. The lowest BCUT2D eigenvalue weighted by Crippen LogP contribution is -2.41. The van der Waals surface area contributed by atoms with Crippen molar-refractivity contribution in [1.82, 2.24) is 15.0 Å². The molecule has 3 aromatic rings. The Morgan fingerprint density at radius 2 is 1.66 bits per heavy atom. The maximum atomic E-state index is 13.1. The lowest BCUT2D eigenvalue weighted by molar-refractivity contribution is -0.126. The number of rotatable bonds is 7. The Morgan fingerprint density at radius 1 is 1.00 bits per heavy atom. The SMILES string of the molecule is Cc1ccncc1-c1ccc(S(=O)(=O)NC2CCC(C(=O)NC(C)c3ccc(F)cc3)CC2)cc1. The molecule has 0 radical (unpaired) electrons. The minimum atomic E-state index is -3.66. The van der Waals surface area contributed by atoms with Gasteiger partial charge in [-0.15, -0.1) is 0 Å². The standard InChI is InChI=1S/C27H30FN3O3S/c1-18-15-16-29-17-26(18)21-7-13-25(14-8-21)35(33,34)31-24-11-5-22(6-12-24)27(32)30-19(2)20-3-9-23(28)10-4-20/h3-4,7-10,13-17,19,22,24,31H,5-6,11-12H2,1-2H3,(H,30,32). The monoisotopic (exact) mass is 495 g/mol. The van der Waals surface area contributed by atoms with Crippen molar-refractivity contribution < 1.29 is 17.6 Å². The molecule has 8 heteroatoms. The van der Waals surface area contributed by atoms with Gasteiger partial charge >= 0.3 is 0 Å². The Balaban J connectivity index is 1.31. The summed E-state index contributed by atoms with van der Waals surface area (Å²) in [6.45, 7) is 3.86. The van der Waals surface area contributed by atoms with Crippen LogP contribution in [0.2, 0.25) is 0 Å². The van der Waals surface area contributed by atoms with Gasteiger partial charge in [0.1, 0.15) is 5.82 Å². The number of sulfonamides is 1. The van der Waals surface area contributed by atoms with Gasteiger partial charge in [0.25, 0.3) is 0 Å². The lowest BCUT2D eigenvalue weighted by Gasteiger charge is -2.29. The number of carbonyl (C=O) groups excluding carboxylic acids is 1. The second kappa shape index (κ2) is 10.7. The number of aromatic nitrogens is 1. The van der Waals surface area contributed by atoms with Crippen molar-refractivity contribution in [1.29, 1.82) is 0 Å². The third kappa shape index (κ3) is 6.13. The Labute approximate surface area is 206 Å². The minimum absolute atomic E-state index is 0.0515. The average molecular weight is 496 g/mol. The summed E-state index contributed by atoms with van der Waals surface area (Å²) >= 11 is 0. The van der Waals surface area contributed by atoms with Crippen molar-refractivity contribution in [2.45, 2.75) is 56.5 Å². The molecule has 4 rings (SSSR count). The van der Waals surface area contributed by atoms with Crippen LogP contribution in [0.4, 0.5) is 4.39 Å². The van der Waals surface area contributed by atoms with Crippen molar-refractivity contribution in [2.75, 3.05) is 0 Å². The third-order valence-corrected chi connectivity index (χ3v) is 8.20. The van der Waals surface area contributed by atoms with E-state index in [0.29, 0.717) is 25.7 Å². The van der Waals surface area contributed by atoms with E-state index in [9.17, 15) is 17.6 Å². The first-order chi connectivity index (χ1) is 16.7. The van der Waals surface area contributed by atoms with Gasteiger partial charge in [-0.2, -0.15) is 0 Å². The molecular weight excluding hydrogens is 465 g/mol. The average Bonchev–Trinajstić information content (AvgIpc) is 2.85. The Hall–Kier alpha value is -3.10. The molecule has 1 aliphatic carbocycles. The summed E-state index contributed by atoms with van der Waals surface area (Å²) < 4.78 is 41.8. The molecule has 1 unspecified atom stereocenters. The van der Waals surface area contributed by atoms with Crippen molar-refractivity contribution in [3.8, 4) is 11.1 Å². The zero-order valence-corrected chi connectivity index (χ0v) is 20.7. The molecule has 1 heterocycles. The van der Waals surface area contributed by atoms with E-state index in [1.807, 2.05) is 19.9 Å². The molecular formula is C27H30FN3O3S. The first-order valence-corrected chi connectivity index (χ1v) is 13.3. The molecule has 2 N–H and O–H groups in total. The van der Waals surface area contributed by atoms with Crippen LogP contribution in [-0.4, -0.2) is 25.4 Å². The van der Waals surface area contributed by atoms with E-state index >= 15 is 0 Å². The summed E-state index contributed by atoms with van der Waals surface area (Å²) in [6, 6.07) is 14.4. The van der Waals surface area contributed by atoms with E-state index in [-0.39, 0.29) is 34.6 Å². The molecule has 184 valence electrons. The zero-order valence-electron chi connectivity index (χ0n) is 19.9. The summed E-state index contributed by atoms with van der Waals surface area (Å²) in [6.07, 6.45) is 5.89. The first kappa shape index (κ1) is 25.0. The van der Waals surface area contributed by atoms with E-state index in [1.54, 1.807) is 48.8 Å². The molecule has 0 saturated heterocycles. The normalized spacial score (nSPS) is 19.2. The molecule has 0 aliphatic heterocycles. The van der Waals surface area contributed by atoms with Crippen molar-refractivity contribution in [3.63, 3.8) is 0 Å². The largest absolute Gasteiger partial charge is 0.349 e. The minimum Gasteiger partial charge on any atom is -0.349 e. The highest BCUT2D eigenvalue weighted by Crippen LogP contribution is 2.28. The number of amides is 1. The maximum Gasteiger partial charge on any atom is 0.240 e. The summed E-state index contributed by atoms with van der Waals surface area (Å²) in [5.41, 5.74) is 3.79. The van der Waals surface area contributed by atoms with Gasteiger partial charge in [-0.05, 0) is 86.6 Å². The number of nitrogens with zero attached hydrogens (tertiary/aromatic N) is 1. The van der Waals surface area contributed by atoms with Crippen LogP contribution in [0.25, 0.3) is 11.1 Å². The van der Waals surface area contributed by atoms with Gasteiger partial charge in [-0.25, -0.2) is 17.5 Å². The molecule has 0 bridgehead atoms. The quantitative estimate of drug-likeness (QED) is 0.488. The predicted molar refractivity (Wildman–Crippen MR) is 133 cm³/mol. The smallest absolute Gasteiger partial charge is 0.240 e. The molecule has 2 aromatic carbocycles. The fourth-order valence-corrected chi connectivity index (χ4v) is 5.81. The van der Waals surface area contributed by atoms with Crippen LogP contribution in [0.3, 0.4) is 0 Å². The van der Waals surface area contributed by atoms with Gasteiger partial charge in [-0.1, -0.05) is 24.3 Å². The van der Waals surface area contributed by atoms with E-state index < -0.39 is 10.0 Å². The van der Waals surface area contributed by atoms with Crippen LogP contribution >= 0.6 is 0 Å². The van der Waals surface area contributed by atoms with Gasteiger partial charge < -0.3 is 5.32 Å². The number of nitrogens with one attached hydrogen (secondary N) is 2. The van der Waals surface area contributed by atoms with E-state index in [0.717, 1.165) is 22.3 Å². The number of hydrogen-bond donors (Lipinski definition) is 2. The summed E-state index contributed by atoms with van der Waals surface area (Å²) in [7, 11) is -3.66. The van der Waals surface area contributed by atoms with E-state index in [2.05, 4.69) is 15.0 Å². The van der Waals surface area contributed by atoms with Crippen molar-refractivity contribution in [3.05, 3.63) is 83.9 Å². The summed E-state index contributed by atoms with van der Waals surface area (Å²) in [5.74, 6) is -0.530. The molecule has 1 fully saturated rings. The van der Waals surface area contributed by atoms with Crippen LogP contribution in [0.1, 0.15) is 49.8 Å². The third-order valence-electron chi connectivity index (χ3n) is 6.66. The number of aryl methyl sites for hydroxylation is 1. The molecule has 1 amide bonds. The highest BCUT2D eigenvalue weighted by atomic mass is 32.2. The summed E-state index contributed by atoms with van der Waals surface area (Å²) in [5, 5.41) is 2.99. The maximum absolute atomic E-state index is 13.1. The molecule has 35 heavy (non-hydrogen) atoms.